The molecular weight excluding hydrogens is 288 g/mol. The molecule has 0 saturated heterocycles. The fourth-order valence-corrected chi connectivity index (χ4v) is 3.67. The van der Waals surface area contributed by atoms with Crippen LogP contribution >= 0.6 is 0 Å². The molecule has 0 atom stereocenters. The molecule has 0 amide bonds. The summed E-state index contributed by atoms with van der Waals surface area (Å²) in [5, 5.41) is 0. The largest absolute Gasteiger partial charge is 0.399 e. The van der Waals surface area contributed by atoms with Gasteiger partial charge in [0.2, 0.25) is 10.0 Å². The van der Waals surface area contributed by atoms with Gasteiger partial charge in [-0.1, -0.05) is 31.4 Å². The van der Waals surface area contributed by atoms with E-state index in [1.54, 1.807) is 24.3 Å². The Morgan fingerprint density at radius 2 is 1.81 bits per heavy atom. The summed E-state index contributed by atoms with van der Waals surface area (Å²) in [5.41, 5.74) is 6.93. The number of anilines is 1. The molecule has 1 aromatic rings. The lowest BCUT2D eigenvalue weighted by molar-refractivity contribution is 0.0321. The summed E-state index contributed by atoms with van der Waals surface area (Å²) >= 11 is 0. The molecule has 0 aliphatic heterocycles. The van der Waals surface area contributed by atoms with E-state index in [9.17, 15) is 8.42 Å². The highest BCUT2D eigenvalue weighted by atomic mass is 32.2. The molecule has 1 aliphatic carbocycles. The Morgan fingerprint density at radius 1 is 1.14 bits per heavy atom. The minimum Gasteiger partial charge on any atom is -0.399 e. The van der Waals surface area contributed by atoms with Crippen molar-refractivity contribution in [2.24, 2.45) is 0 Å². The zero-order valence-electron chi connectivity index (χ0n) is 12.3. The average molecular weight is 312 g/mol. The van der Waals surface area contributed by atoms with Crippen LogP contribution in [0.5, 0.6) is 0 Å². The molecule has 5 nitrogen and oxygen atoms in total. The van der Waals surface area contributed by atoms with Gasteiger partial charge in [0.15, 0.2) is 0 Å². The topological polar surface area (TPSA) is 81.4 Å². The first-order valence-corrected chi connectivity index (χ1v) is 9.14. The van der Waals surface area contributed by atoms with Crippen molar-refractivity contribution < 1.29 is 13.2 Å². The highest BCUT2D eigenvalue weighted by Gasteiger charge is 2.14. The van der Waals surface area contributed by atoms with Crippen LogP contribution in [0.4, 0.5) is 5.69 Å². The maximum absolute atomic E-state index is 11.9. The minimum atomic E-state index is -3.32. The average Bonchev–Trinajstić information content (AvgIpc) is 2.47. The second-order valence-electron chi connectivity index (χ2n) is 5.53. The van der Waals surface area contributed by atoms with Crippen LogP contribution in [0.2, 0.25) is 0 Å². The van der Waals surface area contributed by atoms with Crippen molar-refractivity contribution in [1.82, 2.24) is 4.72 Å². The number of hydrogen-bond donors (Lipinski definition) is 2. The van der Waals surface area contributed by atoms with Crippen LogP contribution in [0, 0.1) is 0 Å². The lowest BCUT2D eigenvalue weighted by Gasteiger charge is -2.22. The Morgan fingerprint density at radius 3 is 2.48 bits per heavy atom. The summed E-state index contributed by atoms with van der Waals surface area (Å²) in [5.74, 6) is -0.0310. The predicted octanol–water partition coefficient (Wildman–Crippen LogP) is 2.04. The smallest absolute Gasteiger partial charge is 0.215 e. The van der Waals surface area contributed by atoms with Gasteiger partial charge in [-0.05, 0) is 30.5 Å². The molecule has 21 heavy (non-hydrogen) atoms. The quantitative estimate of drug-likeness (QED) is 0.596. The number of nitrogen functional groups attached to an aromatic ring is 1. The third-order valence-corrected chi connectivity index (χ3v) is 5.02. The van der Waals surface area contributed by atoms with Crippen LogP contribution < -0.4 is 10.5 Å². The van der Waals surface area contributed by atoms with E-state index >= 15 is 0 Å². The van der Waals surface area contributed by atoms with Crippen LogP contribution in [-0.2, 0) is 20.5 Å². The highest BCUT2D eigenvalue weighted by molar-refractivity contribution is 7.88. The van der Waals surface area contributed by atoms with E-state index in [0.29, 0.717) is 24.9 Å². The maximum atomic E-state index is 11.9. The van der Waals surface area contributed by atoms with Gasteiger partial charge < -0.3 is 10.5 Å². The van der Waals surface area contributed by atoms with Crippen LogP contribution in [0.25, 0.3) is 0 Å². The minimum absolute atomic E-state index is 0.0310. The molecule has 1 fully saturated rings. The van der Waals surface area contributed by atoms with Gasteiger partial charge in [-0.2, -0.15) is 0 Å². The number of benzene rings is 1. The van der Waals surface area contributed by atoms with Gasteiger partial charge in [-0.25, -0.2) is 13.1 Å². The summed E-state index contributed by atoms with van der Waals surface area (Å²) in [6.45, 7) is 0.763. The molecule has 1 aromatic carbocycles. The molecule has 1 aliphatic rings. The van der Waals surface area contributed by atoms with Gasteiger partial charge in [0.25, 0.3) is 0 Å². The Labute approximate surface area is 126 Å². The first-order valence-electron chi connectivity index (χ1n) is 7.48. The third kappa shape index (κ3) is 6.03. The summed E-state index contributed by atoms with van der Waals surface area (Å²) in [7, 11) is -3.32. The van der Waals surface area contributed by atoms with Crippen LogP contribution in [-0.4, -0.2) is 27.7 Å². The zero-order valence-corrected chi connectivity index (χ0v) is 13.1. The second-order valence-corrected chi connectivity index (χ2v) is 7.33. The molecule has 6 heteroatoms. The van der Waals surface area contributed by atoms with E-state index < -0.39 is 10.0 Å². The molecule has 0 heterocycles. The number of ether oxygens (including phenoxy) is 1. The predicted molar refractivity (Wildman–Crippen MR) is 84.3 cm³/mol. The van der Waals surface area contributed by atoms with E-state index in [-0.39, 0.29) is 5.75 Å². The molecule has 0 spiro atoms. The van der Waals surface area contributed by atoms with E-state index in [4.69, 9.17) is 10.5 Å². The van der Waals surface area contributed by atoms with Gasteiger partial charge >= 0.3 is 0 Å². The SMILES string of the molecule is Nc1ccc(CS(=O)(=O)NCCOC2CCCCC2)cc1. The molecule has 3 N–H and O–H groups in total. The van der Waals surface area contributed by atoms with Gasteiger partial charge in [-0.15, -0.1) is 0 Å². The summed E-state index contributed by atoms with van der Waals surface area (Å²) in [6, 6.07) is 6.87. The lowest BCUT2D eigenvalue weighted by atomic mass is 9.98. The van der Waals surface area contributed by atoms with Crippen LogP contribution in [0.1, 0.15) is 37.7 Å². The Kier molecular flexibility index (Phi) is 6.02. The Bertz CT molecular complexity index is 522. The summed E-state index contributed by atoms with van der Waals surface area (Å²) in [4.78, 5) is 0. The molecule has 0 unspecified atom stereocenters. The number of sulfonamides is 1. The van der Waals surface area contributed by atoms with Crippen LogP contribution in [0.3, 0.4) is 0 Å². The fourth-order valence-electron chi connectivity index (χ4n) is 2.54. The monoisotopic (exact) mass is 312 g/mol. The molecule has 0 aromatic heterocycles. The molecule has 2 rings (SSSR count). The van der Waals surface area contributed by atoms with Gasteiger partial charge in [-0.3, -0.25) is 0 Å². The number of rotatable bonds is 7. The fraction of sp³-hybridized carbons (Fsp3) is 0.600. The van der Waals surface area contributed by atoms with Crippen molar-refractivity contribution in [1.29, 1.82) is 0 Å². The van der Waals surface area contributed by atoms with Crippen molar-refractivity contribution in [3.05, 3.63) is 29.8 Å². The normalized spacial score (nSPS) is 17.0. The van der Waals surface area contributed by atoms with Crippen molar-refractivity contribution in [3.8, 4) is 0 Å². The van der Waals surface area contributed by atoms with Crippen molar-refractivity contribution in [3.63, 3.8) is 0 Å². The number of nitrogens with two attached hydrogens (primary N) is 1. The van der Waals surface area contributed by atoms with E-state index in [1.165, 1.54) is 19.3 Å². The van der Waals surface area contributed by atoms with Crippen molar-refractivity contribution in [2.75, 3.05) is 18.9 Å². The maximum Gasteiger partial charge on any atom is 0.215 e. The van der Waals surface area contributed by atoms with Crippen molar-refractivity contribution in [2.45, 2.75) is 44.0 Å². The third-order valence-electron chi connectivity index (χ3n) is 3.67. The van der Waals surface area contributed by atoms with E-state index in [0.717, 1.165) is 18.4 Å². The summed E-state index contributed by atoms with van der Waals surface area (Å²) in [6.07, 6.45) is 6.21. The molecular formula is C15H24N2O3S. The standard InChI is InChI=1S/C15H24N2O3S/c16-14-8-6-13(7-9-14)12-21(18,19)17-10-11-20-15-4-2-1-3-5-15/h6-9,15,17H,1-5,10-12,16H2. The summed E-state index contributed by atoms with van der Waals surface area (Å²) < 4.78 is 32.2. The molecule has 1 saturated carbocycles. The second kappa shape index (κ2) is 7.77. The molecule has 118 valence electrons. The van der Waals surface area contributed by atoms with Gasteiger partial charge in [0, 0.05) is 12.2 Å². The van der Waals surface area contributed by atoms with E-state index in [2.05, 4.69) is 4.72 Å². The van der Waals surface area contributed by atoms with Crippen LogP contribution in [0.15, 0.2) is 24.3 Å². The van der Waals surface area contributed by atoms with Gasteiger partial charge in [0.05, 0.1) is 18.5 Å². The molecule has 0 radical (unpaired) electrons. The lowest BCUT2D eigenvalue weighted by Crippen LogP contribution is -2.30. The van der Waals surface area contributed by atoms with E-state index in [1.807, 2.05) is 0 Å². The Balaban J connectivity index is 1.69. The number of hydrogen-bond acceptors (Lipinski definition) is 4. The zero-order chi connectivity index (χ0) is 15.1. The van der Waals surface area contributed by atoms with Gasteiger partial charge in [0.1, 0.15) is 0 Å². The number of nitrogens with one attached hydrogen (secondary N) is 1. The Hall–Kier alpha value is -1.11. The first kappa shape index (κ1) is 16.3. The molecule has 0 bridgehead atoms. The van der Waals surface area contributed by atoms with Crippen molar-refractivity contribution >= 4 is 15.7 Å². The highest BCUT2D eigenvalue weighted by Crippen LogP contribution is 2.19. The first-order chi connectivity index (χ1) is 10.1.